The van der Waals surface area contributed by atoms with Gasteiger partial charge in [0.1, 0.15) is 11.4 Å². The highest BCUT2D eigenvalue weighted by molar-refractivity contribution is 7.90. The number of benzene rings is 1. The Morgan fingerprint density at radius 1 is 1.42 bits per heavy atom. The number of carbonyl (C=O) groups is 1. The second kappa shape index (κ2) is 4.85. The van der Waals surface area contributed by atoms with Gasteiger partial charge in [-0.25, -0.2) is 0 Å². The lowest BCUT2D eigenvalue weighted by atomic mass is 10.2. The summed E-state index contributed by atoms with van der Waals surface area (Å²) in [7, 11) is -3.73. The van der Waals surface area contributed by atoms with Crippen LogP contribution < -0.4 is 0 Å². The Morgan fingerprint density at radius 2 is 2.11 bits per heavy atom. The third-order valence-corrected chi connectivity index (χ3v) is 3.91. The molecule has 0 spiro atoms. The molecule has 7 heteroatoms. The molecule has 1 aliphatic heterocycles. The van der Waals surface area contributed by atoms with E-state index in [-0.39, 0.29) is 23.8 Å². The maximum absolute atomic E-state index is 11.9. The molecule has 0 aliphatic carbocycles. The first-order valence-electron chi connectivity index (χ1n) is 5.47. The maximum Gasteiger partial charge on any atom is 0.323 e. The van der Waals surface area contributed by atoms with Crippen molar-refractivity contribution in [3.05, 3.63) is 42.5 Å². The molecular formula is C12H12N2O4S. The fourth-order valence-corrected chi connectivity index (χ4v) is 3.09. The van der Waals surface area contributed by atoms with Gasteiger partial charge in [-0.2, -0.15) is 8.42 Å². The van der Waals surface area contributed by atoms with Gasteiger partial charge in [0.05, 0.1) is 0 Å². The first-order chi connectivity index (χ1) is 8.95. The zero-order valence-electron chi connectivity index (χ0n) is 9.98. The van der Waals surface area contributed by atoms with Gasteiger partial charge >= 0.3 is 5.97 Å². The quantitative estimate of drug-likeness (QED) is 0.821. The summed E-state index contributed by atoms with van der Waals surface area (Å²) in [6.45, 7) is 3.40. The molecule has 0 aromatic heterocycles. The van der Waals surface area contributed by atoms with Crippen molar-refractivity contribution in [1.29, 1.82) is 0 Å². The molecule has 1 heterocycles. The van der Waals surface area contributed by atoms with Crippen molar-refractivity contribution in [2.24, 2.45) is 4.40 Å². The average Bonchev–Trinajstić information content (AvgIpc) is 2.61. The zero-order chi connectivity index (χ0) is 14.0. The van der Waals surface area contributed by atoms with Crippen LogP contribution in [0, 0.1) is 0 Å². The molecule has 0 amide bonds. The minimum Gasteiger partial charge on any atom is -0.480 e. The molecule has 0 saturated carbocycles. The molecule has 100 valence electrons. The number of carboxylic acid groups (broad SMARTS) is 1. The summed E-state index contributed by atoms with van der Waals surface area (Å²) in [5, 5.41) is 8.87. The second-order valence-electron chi connectivity index (χ2n) is 3.95. The molecule has 19 heavy (non-hydrogen) atoms. The van der Waals surface area contributed by atoms with Crippen LogP contribution in [0.3, 0.4) is 0 Å². The monoisotopic (exact) mass is 280 g/mol. The first-order valence-corrected chi connectivity index (χ1v) is 6.91. The van der Waals surface area contributed by atoms with E-state index >= 15 is 0 Å². The van der Waals surface area contributed by atoms with Gasteiger partial charge in [-0.05, 0) is 12.1 Å². The van der Waals surface area contributed by atoms with E-state index in [9.17, 15) is 13.2 Å². The largest absolute Gasteiger partial charge is 0.480 e. The van der Waals surface area contributed by atoms with Crippen LogP contribution in [0.25, 0.3) is 0 Å². The lowest BCUT2D eigenvalue weighted by molar-refractivity contribution is -0.137. The molecule has 0 unspecified atom stereocenters. The van der Waals surface area contributed by atoms with Crippen LogP contribution in [0.4, 0.5) is 0 Å². The third kappa shape index (κ3) is 2.50. The van der Waals surface area contributed by atoms with Crippen molar-refractivity contribution in [2.45, 2.75) is 4.90 Å². The number of amidine groups is 1. The predicted molar refractivity (Wildman–Crippen MR) is 69.6 cm³/mol. The van der Waals surface area contributed by atoms with Gasteiger partial charge in [-0.15, -0.1) is 11.0 Å². The van der Waals surface area contributed by atoms with Gasteiger partial charge < -0.3 is 10.0 Å². The standard InChI is InChI=1S/C12H12N2O4S/c1-2-7-14(8-11(15)16)12-9-5-3-4-6-10(9)19(17,18)13-12/h2-6H,1,7-8H2,(H,15,16). The number of rotatable bonds is 4. The summed E-state index contributed by atoms with van der Waals surface area (Å²) in [6, 6.07) is 6.34. The summed E-state index contributed by atoms with van der Waals surface area (Å²) in [4.78, 5) is 12.3. The molecule has 1 N–H and O–H groups in total. The van der Waals surface area contributed by atoms with Gasteiger partial charge in [0.25, 0.3) is 10.0 Å². The van der Waals surface area contributed by atoms with Gasteiger partial charge in [0, 0.05) is 12.1 Å². The summed E-state index contributed by atoms with van der Waals surface area (Å²) >= 11 is 0. The summed E-state index contributed by atoms with van der Waals surface area (Å²) < 4.78 is 27.4. The Hall–Kier alpha value is -2.15. The van der Waals surface area contributed by atoms with Crippen LogP contribution in [-0.2, 0) is 14.8 Å². The number of nitrogens with zero attached hydrogens (tertiary/aromatic N) is 2. The smallest absolute Gasteiger partial charge is 0.323 e. The third-order valence-electron chi connectivity index (χ3n) is 2.59. The molecule has 0 atom stereocenters. The Kier molecular flexibility index (Phi) is 3.39. The number of hydrogen-bond donors (Lipinski definition) is 1. The van der Waals surface area contributed by atoms with Gasteiger partial charge in [0.15, 0.2) is 5.84 Å². The molecule has 1 aliphatic rings. The fraction of sp³-hybridized carbons (Fsp3) is 0.167. The van der Waals surface area contributed by atoms with Crippen molar-refractivity contribution in [3.63, 3.8) is 0 Å². The van der Waals surface area contributed by atoms with Gasteiger partial charge in [-0.1, -0.05) is 18.2 Å². The lowest BCUT2D eigenvalue weighted by Crippen LogP contribution is -2.35. The second-order valence-corrected chi connectivity index (χ2v) is 5.52. The number of hydrogen-bond acceptors (Lipinski definition) is 4. The van der Waals surface area contributed by atoms with Crippen LogP contribution in [0.2, 0.25) is 0 Å². The number of carboxylic acids is 1. The molecule has 1 aromatic carbocycles. The lowest BCUT2D eigenvalue weighted by Gasteiger charge is -2.20. The van der Waals surface area contributed by atoms with E-state index in [1.54, 1.807) is 18.2 Å². The van der Waals surface area contributed by atoms with E-state index in [2.05, 4.69) is 11.0 Å². The van der Waals surface area contributed by atoms with Crippen LogP contribution >= 0.6 is 0 Å². The molecule has 0 bridgehead atoms. The molecular weight excluding hydrogens is 268 g/mol. The predicted octanol–water partition coefficient (Wildman–Crippen LogP) is 0.708. The minimum atomic E-state index is -3.73. The molecule has 0 saturated heterocycles. The summed E-state index contributed by atoms with van der Waals surface area (Å²) in [5.74, 6) is -0.913. The van der Waals surface area contributed by atoms with Crippen molar-refractivity contribution in [2.75, 3.05) is 13.1 Å². The van der Waals surface area contributed by atoms with Crippen molar-refractivity contribution >= 4 is 21.8 Å². The van der Waals surface area contributed by atoms with E-state index in [0.717, 1.165) is 0 Å². The Morgan fingerprint density at radius 3 is 2.74 bits per heavy atom. The van der Waals surface area contributed by atoms with Crippen LogP contribution in [0.5, 0.6) is 0 Å². The number of fused-ring (bicyclic) bond motifs is 1. The van der Waals surface area contributed by atoms with E-state index in [1.807, 2.05) is 0 Å². The normalized spacial score (nSPS) is 15.5. The van der Waals surface area contributed by atoms with Crippen molar-refractivity contribution in [1.82, 2.24) is 4.90 Å². The molecule has 2 rings (SSSR count). The summed E-state index contributed by atoms with van der Waals surface area (Å²) in [6.07, 6.45) is 1.50. The number of sulfonamides is 1. The average molecular weight is 280 g/mol. The topological polar surface area (TPSA) is 87.0 Å². The Labute approximate surface area is 110 Å². The maximum atomic E-state index is 11.9. The molecule has 0 radical (unpaired) electrons. The highest BCUT2D eigenvalue weighted by Gasteiger charge is 2.31. The Bertz CT molecular complexity index is 664. The van der Waals surface area contributed by atoms with E-state index in [4.69, 9.17) is 5.11 Å². The zero-order valence-corrected chi connectivity index (χ0v) is 10.8. The fourth-order valence-electron chi connectivity index (χ4n) is 1.86. The van der Waals surface area contributed by atoms with E-state index < -0.39 is 16.0 Å². The highest BCUT2D eigenvalue weighted by Crippen LogP contribution is 2.27. The number of aliphatic carboxylic acids is 1. The minimum absolute atomic E-state index is 0.101. The van der Waals surface area contributed by atoms with Crippen molar-refractivity contribution < 1.29 is 18.3 Å². The van der Waals surface area contributed by atoms with Gasteiger partial charge in [-0.3, -0.25) is 4.79 Å². The van der Waals surface area contributed by atoms with Crippen molar-refractivity contribution in [3.8, 4) is 0 Å². The van der Waals surface area contributed by atoms with Gasteiger partial charge in [0.2, 0.25) is 0 Å². The van der Waals surface area contributed by atoms with Crippen LogP contribution in [-0.4, -0.2) is 43.3 Å². The van der Waals surface area contributed by atoms with E-state index in [0.29, 0.717) is 5.56 Å². The van der Waals surface area contributed by atoms with Crippen LogP contribution in [0.15, 0.2) is 46.2 Å². The Balaban J connectivity index is 2.50. The summed E-state index contributed by atoms with van der Waals surface area (Å²) in [5.41, 5.74) is 0.422. The SMILES string of the molecule is C=CCN(CC(=O)O)C1=NS(=O)(=O)c2ccccc21. The molecule has 0 fully saturated rings. The van der Waals surface area contributed by atoms with E-state index in [1.165, 1.54) is 17.0 Å². The molecule has 6 nitrogen and oxygen atoms in total. The first kappa shape index (κ1) is 13.3. The highest BCUT2D eigenvalue weighted by atomic mass is 32.2. The van der Waals surface area contributed by atoms with Crippen LogP contribution in [0.1, 0.15) is 5.56 Å². The molecule has 1 aromatic rings.